The van der Waals surface area contributed by atoms with Gasteiger partial charge in [0.05, 0.1) is 29.5 Å². The van der Waals surface area contributed by atoms with Crippen molar-refractivity contribution in [3.63, 3.8) is 0 Å². The van der Waals surface area contributed by atoms with E-state index in [1.807, 2.05) is 35.2 Å². The zero-order chi connectivity index (χ0) is 23.8. The first-order valence-corrected chi connectivity index (χ1v) is 10.4. The summed E-state index contributed by atoms with van der Waals surface area (Å²) < 4.78 is 78.4. The summed E-state index contributed by atoms with van der Waals surface area (Å²) in [6.45, 7) is 0.150. The Bertz CT molecular complexity index is 1030. The van der Waals surface area contributed by atoms with Gasteiger partial charge in [0, 0.05) is 31.1 Å². The number of anilines is 3. The summed E-state index contributed by atoms with van der Waals surface area (Å²) in [6, 6.07) is 12.5. The molecule has 2 aromatic carbocycles. The van der Waals surface area contributed by atoms with E-state index >= 15 is 0 Å². The highest BCUT2D eigenvalue weighted by Crippen LogP contribution is 2.44. The molecule has 2 heterocycles. The zero-order valence-corrected chi connectivity index (χ0v) is 17.4. The van der Waals surface area contributed by atoms with Crippen molar-refractivity contribution >= 4 is 23.0 Å². The number of para-hydroxylation sites is 1. The van der Waals surface area contributed by atoms with E-state index in [1.165, 1.54) is 28.1 Å². The summed E-state index contributed by atoms with van der Waals surface area (Å²) >= 11 is 0. The van der Waals surface area contributed by atoms with Crippen molar-refractivity contribution < 1.29 is 31.1 Å². The van der Waals surface area contributed by atoms with Crippen LogP contribution in [0.3, 0.4) is 0 Å². The second-order valence-electron chi connectivity index (χ2n) is 8.03. The second-order valence-corrected chi connectivity index (χ2v) is 8.03. The van der Waals surface area contributed by atoms with E-state index in [0.29, 0.717) is 5.69 Å². The number of fused-ring (bicyclic) bond motifs is 1. The smallest absolute Gasteiger partial charge is 0.339 e. The van der Waals surface area contributed by atoms with Crippen LogP contribution in [0.4, 0.5) is 43.4 Å². The largest absolute Gasteiger partial charge is 0.416 e. The Kier molecular flexibility index (Phi) is 6.02. The summed E-state index contributed by atoms with van der Waals surface area (Å²) in [5, 5.41) is 0. The van der Waals surface area contributed by atoms with Gasteiger partial charge >= 0.3 is 12.4 Å². The van der Waals surface area contributed by atoms with Crippen LogP contribution in [0.15, 0.2) is 60.8 Å². The number of hydrogen-bond donors (Lipinski definition) is 0. The molecule has 0 radical (unpaired) electrons. The number of carbonyl (C=O) groups is 1. The molecule has 4 nitrogen and oxygen atoms in total. The average Bonchev–Trinajstić information content (AvgIpc) is 3.15. The van der Waals surface area contributed by atoms with Crippen LogP contribution in [0, 0.1) is 5.92 Å². The highest BCUT2D eigenvalue weighted by atomic mass is 19.4. The maximum absolute atomic E-state index is 13.3. The monoisotopic (exact) mass is 469 g/mol. The summed E-state index contributed by atoms with van der Waals surface area (Å²) in [5.41, 5.74) is 0.802. The van der Waals surface area contributed by atoms with Gasteiger partial charge in [-0.3, -0.25) is 4.79 Å². The quantitative estimate of drug-likeness (QED) is 0.412. The highest BCUT2D eigenvalue weighted by molar-refractivity contribution is 5.89. The average molecular weight is 469 g/mol. The molecule has 1 saturated heterocycles. The van der Waals surface area contributed by atoms with Crippen LogP contribution >= 0.6 is 0 Å². The van der Waals surface area contributed by atoms with Crippen molar-refractivity contribution in [3.8, 4) is 0 Å². The first-order valence-electron chi connectivity index (χ1n) is 10.4. The fraction of sp³-hybridized carbons (Fsp3) is 0.348. The number of nitrogens with zero attached hydrogens (tertiary/aromatic N) is 3. The molecule has 0 bridgehead atoms. The molecule has 4 rings (SSSR count). The third-order valence-electron chi connectivity index (χ3n) is 5.93. The number of benzene rings is 2. The van der Waals surface area contributed by atoms with E-state index in [-0.39, 0.29) is 38.3 Å². The first kappa shape index (κ1) is 23.0. The Morgan fingerprint density at radius 3 is 2.18 bits per heavy atom. The predicted octanol–water partition coefficient (Wildman–Crippen LogP) is 5.94. The zero-order valence-electron chi connectivity index (χ0n) is 17.4. The Hall–Kier alpha value is -3.17. The highest BCUT2D eigenvalue weighted by Gasteiger charge is 2.41. The Morgan fingerprint density at radius 1 is 0.909 bits per heavy atom. The van der Waals surface area contributed by atoms with Gasteiger partial charge in [0.1, 0.15) is 0 Å². The molecule has 0 aromatic heterocycles. The molecule has 0 N–H and O–H groups in total. The van der Waals surface area contributed by atoms with Crippen LogP contribution in [0.25, 0.3) is 0 Å². The number of likely N-dealkylation sites (tertiary alicyclic amines) is 1. The Morgan fingerprint density at radius 2 is 1.58 bits per heavy atom. The molecule has 0 unspecified atom stereocenters. The van der Waals surface area contributed by atoms with Gasteiger partial charge in [-0.1, -0.05) is 18.2 Å². The summed E-state index contributed by atoms with van der Waals surface area (Å²) in [6.07, 6.45) is -6.53. The molecule has 1 fully saturated rings. The van der Waals surface area contributed by atoms with Crippen LogP contribution in [0.2, 0.25) is 0 Å². The van der Waals surface area contributed by atoms with Gasteiger partial charge < -0.3 is 14.7 Å². The van der Waals surface area contributed by atoms with Gasteiger partial charge in [0.2, 0.25) is 5.91 Å². The number of piperidine rings is 1. The van der Waals surface area contributed by atoms with E-state index in [1.54, 1.807) is 0 Å². The normalized spacial score (nSPS) is 17.7. The number of hydrogen-bond acceptors (Lipinski definition) is 3. The standard InChI is InChI=1S/C23H21F6N3O/c24-22(25,26)16-8-11-30(12-9-16)21(33)10-13-31-15-32(18-4-2-1-3-5-18)19-7-6-17(14-20(19)31)23(27,28)29/h1-7,10,13-14,16H,8-9,11-12,15H2. The Labute approximate surface area is 186 Å². The molecule has 2 aliphatic heterocycles. The minimum atomic E-state index is -4.52. The van der Waals surface area contributed by atoms with Crippen molar-refractivity contribution in [3.05, 3.63) is 66.4 Å². The van der Waals surface area contributed by atoms with Crippen molar-refractivity contribution in [1.29, 1.82) is 0 Å². The predicted molar refractivity (Wildman–Crippen MR) is 112 cm³/mol. The van der Waals surface area contributed by atoms with E-state index in [9.17, 15) is 31.1 Å². The lowest BCUT2D eigenvalue weighted by Gasteiger charge is -2.32. The molecule has 0 aliphatic carbocycles. The molecule has 10 heteroatoms. The van der Waals surface area contributed by atoms with Crippen LogP contribution in [0.5, 0.6) is 0 Å². The van der Waals surface area contributed by atoms with Crippen molar-refractivity contribution in [1.82, 2.24) is 4.90 Å². The lowest BCUT2D eigenvalue weighted by atomic mass is 9.96. The van der Waals surface area contributed by atoms with Crippen LogP contribution in [-0.2, 0) is 11.0 Å². The number of amides is 1. The fourth-order valence-electron chi connectivity index (χ4n) is 4.11. The number of rotatable bonds is 3. The second kappa shape index (κ2) is 8.64. The maximum atomic E-state index is 13.3. The summed E-state index contributed by atoms with van der Waals surface area (Å²) in [4.78, 5) is 17.2. The molecular weight excluding hydrogens is 448 g/mol. The van der Waals surface area contributed by atoms with Crippen molar-refractivity contribution in [2.24, 2.45) is 5.92 Å². The molecule has 176 valence electrons. The molecule has 2 aliphatic rings. The molecule has 33 heavy (non-hydrogen) atoms. The summed E-state index contributed by atoms with van der Waals surface area (Å²) in [5.74, 6) is -1.89. The van der Waals surface area contributed by atoms with Crippen molar-refractivity contribution in [2.45, 2.75) is 25.2 Å². The van der Waals surface area contributed by atoms with Gasteiger partial charge in [0.15, 0.2) is 0 Å². The van der Waals surface area contributed by atoms with Gasteiger partial charge in [0.25, 0.3) is 0 Å². The number of alkyl halides is 6. The number of halogens is 6. The van der Waals surface area contributed by atoms with Gasteiger partial charge in [-0.05, 0) is 43.2 Å². The molecule has 0 saturated carbocycles. The SMILES string of the molecule is O=C(C=CN1CN(c2ccccc2)c2ccc(C(F)(F)F)cc21)N1CCC(C(F)(F)F)CC1. The number of carbonyl (C=O) groups excluding carboxylic acids is 1. The van der Waals surface area contributed by atoms with Gasteiger partial charge in [-0.2, -0.15) is 26.3 Å². The van der Waals surface area contributed by atoms with Gasteiger partial charge in [-0.25, -0.2) is 0 Å². The molecule has 1 amide bonds. The molecular formula is C23H21F6N3O. The Balaban J connectivity index is 1.54. The minimum Gasteiger partial charge on any atom is -0.339 e. The minimum absolute atomic E-state index is 0.0156. The van der Waals surface area contributed by atoms with Crippen LogP contribution in [0.1, 0.15) is 18.4 Å². The lowest BCUT2D eigenvalue weighted by molar-refractivity contribution is -0.186. The van der Waals surface area contributed by atoms with Crippen LogP contribution in [-0.4, -0.2) is 36.7 Å². The van der Waals surface area contributed by atoms with E-state index < -0.39 is 29.7 Å². The fourth-order valence-corrected chi connectivity index (χ4v) is 4.11. The molecule has 0 spiro atoms. The molecule has 2 aromatic rings. The lowest BCUT2D eigenvalue weighted by Crippen LogP contribution is -2.41. The van der Waals surface area contributed by atoms with E-state index in [4.69, 9.17) is 0 Å². The van der Waals surface area contributed by atoms with Gasteiger partial charge in [-0.15, -0.1) is 0 Å². The van der Waals surface area contributed by atoms with E-state index in [2.05, 4.69) is 0 Å². The molecule has 0 atom stereocenters. The third-order valence-corrected chi connectivity index (χ3v) is 5.93. The van der Waals surface area contributed by atoms with E-state index in [0.717, 1.165) is 17.8 Å². The topological polar surface area (TPSA) is 26.8 Å². The summed E-state index contributed by atoms with van der Waals surface area (Å²) in [7, 11) is 0. The third kappa shape index (κ3) is 4.94. The maximum Gasteiger partial charge on any atom is 0.416 e. The first-order chi connectivity index (χ1) is 15.5. The van der Waals surface area contributed by atoms with Crippen molar-refractivity contribution in [2.75, 3.05) is 29.6 Å². The van der Waals surface area contributed by atoms with Crippen LogP contribution < -0.4 is 9.80 Å².